The molecule has 1 amide bonds. The summed E-state index contributed by atoms with van der Waals surface area (Å²) in [6, 6.07) is 0.293. The van der Waals surface area contributed by atoms with Crippen LogP contribution in [-0.4, -0.2) is 34.9 Å². The number of thiazole rings is 1. The van der Waals surface area contributed by atoms with Crippen LogP contribution in [0, 0.1) is 18.8 Å². The number of likely N-dealkylation sites (tertiary alicyclic amines) is 1. The van der Waals surface area contributed by atoms with Crippen molar-refractivity contribution in [1.29, 1.82) is 0 Å². The number of aromatic nitrogens is 1. The zero-order valence-electron chi connectivity index (χ0n) is 9.93. The monoisotopic (exact) mass is 251 g/mol. The first-order chi connectivity index (χ1) is 8.15. The zero-order chi connectivity index (χ0) is 12.0. The number of rotatable bonds is 1. The summed E-state index contributed by atoms with van der Waals surface area (Å²) in [5, 5.41) is 0.949. The maximum atomic E-state index is 12.3. The average molecular weight is 251 g/mol. The summed E-state index contributed by atoms with van der Waals surface area (Å²) in [5.74, 6) is 1.29. The Hall–Kier alpha value is -0.940. The van der Waals surface area contributed by atoms with E-state index in [1.54, 1.807) is 6.20 Å². The molecule has 1 saturated carbocycles. The van der Waals surface area contributed by atoms with Gasteiger partial charge in [-0.1, -0.05) is 0 Å². The van der Waals surface area contributed by atoms with E-state index in [-0.39, 0.29) is 5.91 Å². The maximum Gasteiger partial charge on any atom is 0.265 e. The molecule has 3 unspecified atom stereocenters. The van der Waals surface area contributed by atoms with E-state index in [0.29, 0.717) is 17.9 Å². The summed E-state index contributed by atoms with van der Waals surface area (Å²) in [7, 11) is 0. The lowest BCUT2D eigenvalue weighted by molar-refractivity contribution is 0.0784. The number of amides is 1. The highest BCUT2D eigenvalue weighted by Crippen LogP contribution is 2.37. The molecule has 2 fully saturated rings. The second-order valence-corrected chi connectivity index (χ2v) is 6.35. The molecule has 3 atom stereocenters. The van der Waals surface area contributed by atoms with E-state index in [2.05, 4.69) is 4.98 Å². The fraction of sp³-hybridized carbons (Fsp3) is 0.667. The Bertz CT molecular complexity index is 445. The van der Waals surface area contributed by atoms with Gasteiger partial charge in [-0.2, -0.15) is 0 Å². The molecule has 92 valence electrons. The van der Waals surface area contributed by atoms with E-state index in [9.17, 15) is 4.79 Å². The molecule has 2 aliphatic rings. The van der Waals surface area contributed by atoms with Crippen LogP contribution in [0.3, 0.4) is 0 Å². The van der Waals surface area contributed by atoms with Crippen molar-refractivity contribution < 1.29 is 4.79 Å². The van der Waals surface area contributed by atoms with Crippen LogP contribution in [0.1, 0.15) is 27.5 Å². The van der Waals surface area contributed by atoms with Gasteiger partial charge in [-0.3, -0.25) is 4.79 Å². The van der Waals surface area contributed by atoms with Gasteiger partial charge < -0.3 is 10.6 Å². The topological polar surface area (TPSA) is 59.2 Å². The van der Waals surface area contributed by atoms with Crippen LogP contribution in [0.5, 0.6) is 0 Å². The highest BCUT2D eigenvalue weighted by atomic mass is 32.1. The molecule has 2 N–H and O–H groups in total. The SMILES string of the molecule is Cc1ncc(C(=O)N2CC3CCC(N)C3C2)s1. The van der Waals surface area contributed by atoms with Crippen molar-refractivity contribution in [2.45, 2.75) is 25.8 Å². The molecule has 4 nitrogen and oxygen atoms in total. The average Bonchev–Trinajstić information content (AvgIpc) is 2.96. The number of hydrogen-bond acceptors (Lipinski definition) is 4. The molecule has 0 aromatic carbocycles. The molecule has 5 heteroatoms. The lowest BCUT2D eigenvalue weighted by Gasteiger charge is -2.17. The number of carbonyl (C=O) groups is 1. The van der Waals surface area contributed by atoms with Gasteiger partial charge in [-0.25, -0.2) is 4.98 Å². The number of nitrogens with two attached hydrogens (primary N) is 1. The Kier molecular flexibility index (Phi) is 2.67. The minimum absolute atomic E-state index is 0.136. The Labute approximate surface area is 105 Å². The molecule has 0 radical (unpaired) electrons. The van der Waals surface area contributed by atoms with Crippen LogP contribution in [-0.2, 0) is 0 Å². The van der Waals surface area contributed by atoms with Crippen LogP contribution >= 0.6 is 11.3 Å². The van der Waals surface area contributed by atoms with Gasteiger partial charge in [-0.15, -0.1) is 11.3 Å². The van der Waals surface area contributed by atoms with Crippen molar-refractivity contribution in [1.82, 2.24) is 9.88 Å². The predicted molar refractivity (Wildman–Crippen MR) is 66.9 cm³/mol. The minimum Gasteiger partial charge on any atom is -0.337 e. The maximum absolute atomic E-state index is 12.3. The highest BCUT2D eigenvalue weighted by Gasteiger charge is 2.42. The first-order valence-corrected chi connectivity index (χ1v) is 6.94. The molecule has 1 aliphatic heterocycles. The van der Waals surface area contributed by atoms with Crippen LogP contribution in [0.4, 0.5) is 0 Å². The zero-order valence-corrected chi connectivity index (χ0v) is 10.7. The van der Waals surface area contributed by atoms with Crippen molar-refractivity contribution in [2.75, 3.05) is 13.1 Å². The normalized spacial score (nSPS) is 31.9. The summed E-state index contributed by atoms with van der Waals surface area (Å²) in [4.78, 5) is 19.1. The Morgan fingerprint density at radius 2 is 2.35 bits per heavy atom. The van der Waals surface area contributed by atoms with Crippen molar-refractivity contribution in [3.63, 3.8) is 0 Å². The van der Waals surface area contributed by atoms with Crippen molar-refractivity contribution in [3.8, 4) is 0 Å². The minimum atomic E-state index is 0.136. The van der Waals surface area contributed by atoms with Gasteiger partial charge in [0.25, 0.3) is 5.91 Å². The third kappa shape index (κ3) is 1.87. The van der Waals surface area contributed by atoms with Crippen molar-refractivity contribution in [3.05, 3.63) is 16.1 Å². The number of fused-ring (bicyclic) bond motifs is 1. The molecular formula is C12H17N3OS. The van der Waals surface area contributed by atoms with E-state index < -0.39 is 0 Å². The third-order valence-corrected chi connectivity index (χ3v) is 4.93. The number of hydrogen-bond donors (Lipinski definition) is 1. The molecule has 0 spiro atoms. The number of nitrogens with zero attached hydrogens (tertiary/aromatic N) is 2. The largest absolute Gasteiger partial charge is 0.337 e. The fourth-order valence-electron chi connectivity index (χ4n) is 3.09. The standard InChI is InChI=1S/C12H17N3OS/c1-7-14-4-11(17-7)12(16)15-5-8-2-3-10(13)9(8)6-15/h4,8-10H,2-3,5-6,13H2,1H3. The molecule has 1 aromatic heterocycles. The molecule has 1 aromatic rings. The summed E-state index contributed by atoms with van der Waals surface area (Å²) in [6.07, 6.45) is 3.99. The second-order valence-electron chi connectivity index (χ2n) is 5.12. The van der Waals surface area contributed by atoms with E-state index >= 15 is 0 Å². The summed E-state index contributed by atoms with van der Waals surface area (Å²) in [6.45, 7) is 3.64. The number of carbonyl (C=O) groups excluding carboxylic acids is 1. The van der Waals surface area contributed by atoms with Gasteiger partial charge in [-0.05, 0) is 31.6 Å². The van der Waals surface area contributed by atoms with Gasteiger partial charge in [0.2, 0.25) is 0 Å². The quantitative estimate of drug-likeness (QED) is 0.817. The van der Waals surface area contributed by atoms with E-state index in [4.69, 9.17) is 5.73 Å². The van der Waals surface area contributed by atoms with E-state index in [1.165, 1.54) is 17.8 Å². The van der Waals surface area contributed by atoms with Gasteiger partial charge in [0.15, 0.2) is 0 Å². The Balaban J connectivity index is 1.73. The van der Waals surface area contributed by atoms with E-state index in [0.717, 1.165) is 29.4 Å². The first-order valence-electron chi connectivity index (χ1n) is 6.12. The summed E-state index contributed by atoms with van der Waals surface area (Å²) >= 11 is 1.48. The van der Waals surface area contributed by atoms with Crippen LogP contribution in [0.2, 0.25) is 0 Å². The first kappa shape index (κ1) is 11.2. The van der Waals surface area contributed by atoms with Gasteiger partial charge >= 0.3 is 0 Å². The number of aryl methyl sites for hydroxylation is 1. The molecule has 17 heavy (non-hydrogen) atoms. The van der Waals surface area contributed by atoms with Crippen LogP contribution in [0.25, 0.3) is 0 Å². The summed E-state index contributed by atoms with van der Waals surface area (Å²) in [5.41, 5.74) is 6.08. The van der Waals surface area contributed by atoms with Crippen LogP contribution in [0.15, 0.2) is 6.20 Å². The molecule has 1 aliphatic carbocycles. The van der Waals surface area contributed by atoms with Crippen LogP contribution < -0.4 is 5.73 Å². The van der Waals surface area contributed by atoms with Gasteiger partial charge in [0, 0.05) is 19.1 Å². The molecule has 3 rings (SSSR count). The highest BCUT2D eigenvalue weighted by molar-refractivity contribution is 7.13. The molecule has 2 heterocycles. The lowest BCUT2D eigenvalue weighted by Crippen LogP contribution is -2.33. The van der Waals surface area contributed by atoms with E-state index in [1.807, 2.05) is 11.8 Å². The van der Waals surface area contributed by atoms with Gasteiger partial charge in [0.1, 0.15) is 4.88 Å². The van der Waals surface area contributed by atoms with Crippen molar-refractivity contribution in [2.24, 2.45) is 17.6 Å². The smallest absolute Gasteiger partial charge is 0.265 e. The second kappa shape index (κ2) is 4.07. The Morgan fingerprint density at radius 3 is 3.00 bits per heavy atom. The summed E-state index contributed by atoms with van der Waals surface area (Å²) < 4.78 is 0. The molecular weight excluding hydrogens is 234 g/mol. The lowest BCUT2D eigenvalue weighted by atomic mass is 9.98. The fourth-order valence-corrected chi connectivity index (χ4v) is 3.83. The third-order valence-electron chi connectivity index (χ3n) is 4.03. The predicted octanol–water partition coefficient (Wildman–Crippen LogP) is 1.26. The van der Waals surface area contributed by atoms with Gasteiger partial charge in [0.05, 0.1) is 11.2 Å². The van der Waals surface area contributed by atoms with Crippen molar-refractivity contribution >= 4 is 17.2 Å². The Morgan fingerprint density at radius 1 is 1.53 bits per heavy atom. The molecule has 0 bridgehead atoms. The molecule has 1 saturated heterocycles.